The monoisotopic (exact) mass is 206 g/mol. The van der Waals surface area contributed by atoms with Crippen LogP contribution in [0, 0.1) is 26.2 Å². The van der Waals surface area contributed by atoms with Gasteiger partial charge in [0.2, 0.25) is 0 Å². The first-order chi connectivity index (χ1) is 7.16. The van der Waals surface area contributed by atoms with Crippen LogP contribution >= 0.6 is 0 Å². The number of unbranched alkanes of at least 4 members (excludes halogenated alkanes) is 1. The molecule has 0 aliphatic heterocycles. The van der Waals surface area contributed by atoms with E-state index in [-0.39, 0.29) is 6.04 Å². The normalized spacial score (nSPS) is 12.4. The SMILES string of the molecule is C#CCCCNC(C)c1c(C)noc1C. The summed E-state index contributed by atoms with van der Waals surface area (Å²) in [6, 6.07) is 0.272. The molecular weight excluding hydrogens is 188 g/mol. The Morgan fingerprint density at radius 1 is 1.53 bits per heavy atom. The summed E-state index contributed by atoms with van der Waals surface area (Å²) in [5.41, 5.74) is 2.13. The second kappa shape index (κ2) is 5.57. The Kier molecular flexibility index (Phi) is 4.38. The van der Waals surface area contributed by atoms with Crippen molar-refractivity contribution in [3.8, 4) is 12.3 Å². The lowest BCUT2D eigenvalue weighted by Crippen LogP contribution is -2.20. The van der Waals surface area contributed by atoms with Crippen LogP contribution in [0.4, 0.5) is 0 Å². The van der Waals surface area contributed by atoms with Gasteiger partial charge < -0.3 is 9.84 Å². The minimum Gasteiger partial charge on any atom is -0.361 e. The average Bonchev–Trinajstić information content (AvgIpc) is 2.53. The van der Waals surface area contributed by atoms with Crippen molar-refractivity contribution < 1.29 is 4.52 Å². The van der Waals surface area contributed by atoms with E-state index in [0.717, 1.165) is 36.4 Å². The van der Waals surface area contributed by atoms with Crippen LogP contribution in [0.25, 0.3) is 0 Å². The van der Waals surface area contributed by atoms with E-state index in [0.29, 0.717) is 0 Å². The van der Waals surface area contributed by atoms with Crippen molar-refractivity contribution in [2.75, 3.05) is 6.54 Å². The first-order valence-corrected chi connectivity index (χ1v) is 5.26. The Balaban J connectivity index is 2.47. The number of aromatic nitrogens is 1. The first-order valence-electron chi connectivity index (χ1n) is 5.26. The lowest BCUT2D eigenvalue weighted by atomic mass is 10.1. The van der Waals surface area contributed by atoms with Crippen molar-refractivity contribution in [2.45, 2.75) is 39.7 Å². The number of terminal acetylenes is 1. The molecule has 0 saturated carbocycles. The van der Waals surface area contributed by atoms with Gasteiger partial charge in [-0.15, -0.1) is 12.3 Å². The predicted octanol–water partition coefficient (Wildman–Crippen LogP) is 2.36. The fraction of sp³-hybridized carbons (Fsp3) is 0.583. The fourth-order valence-electron chi connectivity index (χ4n) is 1.72. The molecule has 0 aliphatic rings. The zero-order valence-corrected chi connectivity index (χ0v) is 9.63. The lowest BCUT2D eigenvalue weighted by molar-refractivity contribution is 0.390. The molecule has 1 rings (SSSR count). The third-order valence-corrected chi connectivity index (χ3v) is 2.47. The highest BCUT2D eigenvalue weighted by Gasteiger charge is 2.15. The van der Waals surface area contributed by atoms with Gasteiger partial charge in [-0.25, -0.2) is 0 Å². The number of aryl methyl sites for hydroxylation is 2. The molecule has 0 amide bonds. The second-order valence-electron chi connectivity index (χ2n) is 3.72. The number of hydrogen-bond donors (Lipinski definition) is 1. The molecule has 1 aromatic heterocycles. The van der Waals surface area contributed by atoms with Crippen LogP contribution in [0.15, 0.2) is 4.52 Å². The minimum absolute atomic E-state index is 0.272. The molecule has 0 bridgehead atoms. The summed E-state index contributed by atoms with van der Waals surface area (Å²) in [5.74, 6) is 3.52. The van der Waals surface area contributed by atoms with Gasteiger partial charge in [0.25, 0.3) is 0 Å². The maximum atomic E-state index is 5.19. The Hall–Kier alpha value is -1.27. The summed E-state index contributed by atoms with van der Waals surface area (Å²) in [4.78, 5) is 0. The van der Waals surface area contributed by atoms with Gasteiger partial charge in [-0.1, -0.05) is 5.16 Å². The standard InChI is InChI=1S/C12H18N2O/c1-5-6-7-8-13-9(2)12-10(3)14-15-11(12)4/h1,9,13H,6-8H2,2-4H3. The maximum Gasteiger partial charge on any atom is 0.138 e. The molecule has 3 nitrogen and oxygen atoms in total. The van der Waals surface area contributed by atoms with Crippen LogP contribution < -0.4 is 5.32 Å². The maximum absolute atomic E-state index is 5.19. The van der Waals surface area contributed by atoms with E-state index in [9.17, 15) is 0 Å². The van der Waals surface area contributed by atoms with E-state index in [2.05, 4.69) is 23.3 Å². The van der Waals surface area contributed by atoms with Crippen molar-refractivity contribution in [1.82, 2.24) is 10.5 Å². The summed E-state index contributed by atoms with van der Waals surface area (Å²) >= 11 is 0. The highest BCUT2D eigenvalue weighted by molar-refractivity contribution is 5.24. The van der Waals surface area contributed by atoms with Gasteiger partial charge in [0.05, 0.1) is 5.69 Å². The molecule has 1 heterocycles. The summed E-state index contributed by atoms with van der Waals surface area (Å²) in [6.45, 7) is 6.94. The van der Waals surface area contributed by atoms with Gasteiger partial charge in [0.15, 0.2) is 0 Å². The van der Waals surface area contributed by atoms with E-state index in [1.807, 2.05) is 13.8 Å². The van der Waals surface area contributed by atoms with Gasteiger partial charge in [-0.3, -0.25) is 0 Å². The fourth-order valence-corrected chi connectivity index (χ4v) is 1.72. The molecule has 1 N–H and O–H groups in total. The van der Waals surface area contributed by atoms with Crippen molar-refractivity contribution in [3.05, 3.63) is 17.0 Å². The van der Waals surface area contributed by atoms with Gasteiger partial charge in [0.1, 0.15) is 5.76 Å². The van der Waals surface area contributed by atoms with Gasteiger partial charge in [-0.05, 0) is 33.7 Å². The zero-order valence-electron chi connectivity index (χ0n) is 9.63. The molecule has 1 atom stereocenters. The molecular formula is C12H18N2O. The van der Waals surface area contributed by atoms with Crippen LogP contribution in [0.5, 0.6) is 0 Å². The molecule has 0 spiro atoms. The largest absolute Gasteiger partial charge is 0.361 e. The Labute approximate surface area is 91.2 Å². The molecule has 0 saturated heterocycles. The minimum atomic E-state index is 0.272. The lowest BCUT2D eigenvalue weighted by Gasteiger charge is -2.12. The van der Waals surface area contributed by atoms with Crippen molar-refractivity contribution in [3.63, 3.8) is 0 Å². The van der Waals surface area contributed by atoms with Crippen LogP contribution in [0.3, 0.4) is 0 Å². The molecule has 1 aromatic rings. The molecule has 1 unspecified atom stereocenters. The third kappa shape index (κ3) is 3.10. The summed E-state index contributed by atoms with van der Waals surface area (Å²) in [7, 11) is 0. The zero-order chi connectivity index (χ0) is 11.3. The van der Waals surface area contributed by atoms with Crippen LogP contribution in [-0.4, -0.2) is 11.7 Å². The Bertz CT molecular complexity index is 329. The third-order valence-electron chi connectivity index (χ3n) is 2.47. The van der Waals surface area contributed by atoms with E-state index >= 15 is 0 Å². The van der Waals surface area contributed by atoms with Gasteiger partial charge in [-0.2, -0.15) is 0 Å². The highest BCUT2D eigenvalue weighted by Crippen LogP contribution is 2.20. The van der Waals surface area contributed by atoms with Crippen LogP contribution in [-0.2, 0) is 0 Å². The topological polar surface area (TPSA) is 38.1 Å². The van der Waals surface area contributed by atoms with E-state index in [1.54, 1.807) is 0 Å². The van der Waals surface area contributed by atoms with Gasteiger partial charge in [0, 0.05) is 18.0 Å². The van der Waals surface area contributed by atoms with E-state index in [1.165, 1.54) is 0 Å². The van der Waals surface area contributed by atoms with Gasteiger partial charge >= 0.3 is 0 Å². The average molecular weight is 206 g/mol. The van der Waals surface area contributed by atoms with Crippen molar-refractivity contribution >= 4 is 0 Å². The summed E-state index contributed by atoms with van der Waals surface area (Å²) in [5, 5.41) is 7.34. The molecule has 82 valence electrons. The number of rotatable bonds is 5. The Morgan fingerprint density at radius 2 is 2.27 bits per heavy atom. The molecule has 0 fully saturated rings. The Morgan fingerprint density at radius 3 is 2.80 bits per heavy atom. The number of hydrogen-bond acceptors (Lipinski definition) is 3. The quantitative estimate of drug-likeness (QED) is 0.593. The molecule has 3 heteroatoms. The number of nitrogens with one attached hydrogen (secondary N) is 1. The first kappa shape index (κ1) is 11.8. The van der Waals surface area contributed by atoms with Crippen LogP contribution in [0.1, 0.15) is 42.8 Å². The number of nitrogens with zero attached hydrogens (tertiary/aromatic N) is 1. The van der Waals surface area contributed by atoms with Crippen LogP contribution in [0.2, 0.25) is 0 Å². The summed E-state index contributed by atoms with van der Waals surface area (Å²) < 4.78 is 5.12. The van der Waals surface area contributed by atoms with Crippen molar-refractivity contribution in [1.29, 1.82) is 0 Å². The smallest absolute Gasteiger partial charge is 0.138 e. The highest BCUT2D eigenvalue weighted by atomic mass is 16.5. The van der Waals surface area contributed by atoms with E-state index in [4.69, 9.17) is 10.9 Å². The second-order valence-corrected chi connectivity index (χ2v) is 3.72. The summed E-state index contributed by atoms with van der Waals surface area (Å²) in [6.07, 6.45) is 7.01. The predicted molar refractivity (Wildman–Crippen MR) is 60.5 cm³/mol. The molecule has 0 radical (unpaired) electrons. The molecule has 0 aliphatic carbocycles. The molecule has 0 aromatic carbocycles. The van der Waals surface area contributed by atoms with Crippen molar-refractivity contribution in [2.24, 2.45) is 0 Å². The van der Waals surface area contributed by atoms with E-state index < -0.39 is 0 Å². The molecule has 15 heavy (non-hydrogen) atoms.